The normalized spacial score (nSPS) is 23.7. The summed E-state index contributed by atoms with van der Waals surface area (Å²) in [6.45, 7) is 1.15. The van der Waals surface area contributed by atoms with E-state index in [4.69, 9.17) is 15.2 Å². The number of nitrogens with zero attached hydrogens (tertiary/aromatic N) is 5. The Hall–Kier alpha value is -4.34. The average molecular weight is 624 g/mol. The van der Waals surface area contributed by atoms with E-state index in [0.717, 1.165) is 38.5 Å². The van der Waals surface area contributed by atoms with Gasteiger partial charge in [-0.2, -0.15) is 0 Å². The zero-order valence-corrected chi connectivity index (χ0v) is 24.9. The fourth-order valence-electron chi connectivity index (χ4n) is 5.80. The second-order valence-electron chi connectivity index (χ2n) is 11.8. The molecule has 0 spiro atoms. The molecule has 6 rings (SSSR count). The highest BCUT2D eigenvalue weighted by molar-refractivity contribution is 5.89. The summed E-state index contributed by atoms with van der Waals surface area (Å²) in [5.74, 6) is 0.563. The van der Waals surface area contributed by atoms with Crippen molar-refractivity contribution in [1.29, 1.82) is 0 Å². The fraction of sp³-hybridized carbons (Fsp3) is 0.533. The molecule has 0 unspecified atom stereocenters. The molecule has 4 atom stereocenters. The Morgan fingerprint density at radius 2 is 1.80 bits per heavy atom. The van der Waals surface area contributed by atoms with Crippen LogP contribution in [0.2, 0.25) is 0 Å². The first-order valence-electron chi connectivity index (χ1n) is 15.2. The van der Waals surface area contributed by atoms with E-state index in [0.29, 0.717) is 53.7 Å². The van der Waals surface area contributed by atoms with Crippen LogP contribution in [-0.4, -0.2) is 97.2 Å². The second-order valence-corrected chi connectivity index (χ2v) is 11.8. The minimum Gasteiger partial charge on any atom is -0.465 e. The first kappa shape index (κ1) is 30.7. The minimum absolute atomic E-state index is 0.0859. The van der Waals surface area contributed by atoms with E-state index in [1.54, 1.807) is 29.2 Å². The molecule has 5 N–H and O–H groups in total. The van der Waals surface area contributed by atoms with Crippen LogP contribution in [-0.2, 0) is 20.7 Å². The quantitative estimate of drug-likeness (QED) is 0.249. The van der Waals surface area contributed by atoms with E-state index < -0.39 is 42.5 Å². The summed E-state index contributed by atoms with van der Waals surface area (Å²) in [6, 6.07) is 6.31. The molecule has 3 fully saturated rings. The number of fused-ring (bicyclic) bond motifs is 1. The molecule has 2 saturated heterocycles. The Balaban J connectivity index is 1.00. The van der Waals surface area contributed by atoms with Gasteiger partial charge in [0.15, 0.2) is 23.8 Å². The molecule has 3 aromatic rings. The summed E-state index contributed by atoms with van der Waals surface area (Å²) in [5, 5.41) is 24.0. The van der Waals surface area contributed by atoms with E-state index in [1.165, 1.54) is 18.0 Å². The highest BCUT2D eigenvalue weighted by Crippen LogP contribution is 2.33. The third-order valence-electron chi connectivity index (χ3n) is 8.56. The third kappa shape index (κ3) is 6.70. The van der Waals surface area contributed by atoms with Crippen molar-refractivity contribution in [2.75, 3.05) is 25.9 Å². The van der Waals surface area contributed by atoms with Gasteiger partial charge in [0.25, 0.3) is 5.91 Å². The molecule has 2 aliphatic heterocycles. The number of piperidine rings is 1. The number of esters is 1. The number of methoxy groups -OCH3 is 1. The number of aryl methyl sites for hydroxylation is 1. The van der Waals surface area contributed by atoms with Gasteiger partial charge in [-0.25, -0.2) is 24.5 Å². The van der Waals surface area contributed by atoms with Crippen molar-refractivity contribution in [3.8, 4) is 5.75 Å². The van der Waals surface area contributed by atoms with Crippen LogP contribution in [0.25, 0.3) is 11.2 Å². The number of nitrogen functional groups attached to an aromatic ring is 1. The van der Waals surface area contributed by atoms with E-state index in [1.807, 2.05) is 0 Å². The van der Waals surface area contributed by atoms with Gasteiger partial charge in [-0.15, -0.1) is 0 Å². The molecule has 0 bridgehead atoms. The highest BCUT2D eigenvalue weighted by Gasteiger charge is 2.48. The molecular formula is C30H37N7O8. The Labute approximate surface area is 258 Å². The molecular weight excluding hydrogens is 586 g/mol. The van der Waals surface area contributed by atoms with Crippen molar-refractivity contribution in [2.45, 2.75) is 75.5 Å². The summed E-state index contributed by atoms with van der Waals surface area (Å²) >= 11 is 0. The lowest BCUT2D eigenvalue weighted by Gasteiger charge is -2.31. The summed E-state index contributed by atoms with van der Waals surface area (Å²) in [6.07, 6.45) is 1.63. The number of aliphatic hydroxyl groups is 2. The number of carbonyl (C=O) groups excluding carboxylic acids is 3. The van der Waals surface area contributed by atoms with Crippen molar-refractivity contribution in [3.63, 3.8) is 0 Å². The number of nitrogens with two attached hydrogens (primary N) is 1. The molecule has 2 amide bonds. The molecule has 15 heteroatoms. The lowest BCUT2D eigenvalue weighted by molar-refractivity contribution is -0.137. The van der Waals surface area contributed by atoms with Crippen molar-refractivity contribution >= 4 is 35.0 Å². The van der Waals surface area contributed by atoms with E-state index in [9.17, 15) is 24.6 Å². The van der Waals surface area contributed by atoms with Gasteiger partial charge in [0.1, 0.15) is 29.3 Å². The number of hydrogen-bond donors (Lipinski definition) is 4. The topological polar surface area (TPSA) is 204 Å². The standard InChI is InChI=1S/C30H37N7O8/c1-43-29(41)17-5-9-19(10-6-17)44-30(42)36-13-11-16(12-14-36)3-2-4-20-34-25(31)21-26(35-20)37(15-32-21)28-23(39)22(38)24(45-28)27(40)33-18-7-8-18/h5-6,9-10,15-16,18,22-24,28,38-39H,2-4,7-8,11-14H2,1H3,(H,33,40)(H2,31,34,35)/t22-,23+,24-,28+/m0/s1. The number of aliphatic hydroxyl groups excluding tert-OH is 2. The van der Waals surface area contributed by atoms with Gasteiger partial charge in [-0.05, 0) is 68.7 Å². The number of anilines is 1. The van der Waals surface area contributed by atoms with Crippen LogP contribution in [0, 0.1) is 5.92 Å². The van der Waals surface area contributed by atoms with Gasteiger partial charge in [0, 0.05) is 25.6 Å². The number of aromatic nitrogens is 4. The summed E-state index contributed by atoms with van der Waals surface area (Å²) in [5.41, 5.74) is 7.26. The highest BCUT2D eigenvalue weighted by atomic mass is 16.6. The van der Waals surface area contributed by atoms with Crippen molar-refractivity contribution in [3.05, 3.63) is 42.0 Å². The first-order chi connectivity index (χ1) is 21.7. The lowest BCUT2D eigenvalue weighted by Crippen LogP contribution is -2.43. The number of nitrogens with one attached hydrogen (secondary N) is 1. The van der Waals surface area contributed by atoms with Crippen LogP contribution >= 0.6 is 0 Å². The number of amides is 2. The van der Waals surface area contributed by atoms with Crippen molar-refractivity contribution in [2.24, 2.45) is 5.92 Å². The Kier molecular flexibility index (Phi) is 8.83. The average Bonchev–Trinajstić information content (AvgIpc) is 3.68. The predicted molar refractivity (Wildman–Crippen MR) is 158 cm³/mol. The van der Waals surface area contributed by atoms with Crippen LogP contribution in [0.15, 0.2) is 30.6 Å². The predicted octanol–water partition coefficient (Wildman–Crippen LogP) is 1.33. The van der Waals surface area contributed by atoms with E-state index in [2.05, 4.69) is 25.0 Å². The van der Waals surface area contributed by atoms with Crippen molar-refractivity contribution < 1.29 is 38.8 Å². The van der Waals surface area contributed by atoms with Gasteiger partial charge < -0.3 is 40.4 Å². The molecule has 4 heterocycles. The Bertz CT molecular complexity index is 1550. The summed E-state index contributed by atoms with van der Waals surface area (Å²) in [4.78, 5) is 51.8. The Morgan fingerprint density at radius 3 is 2.49 bits per heavy atom. The van der Waals surface area contributed by atoms with Gasteiger partial charge in [-0.3, -0.25) is 9.36 Å². The molecule has 1 aromatic carbocycles. The van der Waals surface area contributed by atoms with Gasteiger partial charge in [0.05, 0.1) is 19.0 Å². The second kappa shape index (κ2) is 12.9. The minimum atomic E-state index is -1.40. The molecule has 1 saturated carbocycles. The van der Waals surface area contributed by atoms with E-state index >= 15 is 0 Å². The Morgan fingerprint density at radius 1 is 1.07 bits per heavy atom. The molecule has 45 heavy (non-hydrogen) atoms. The maximum atomic E-state index is 12.6. The smallest absolute Gasteiger partial charge is 0.415 e. The number of likely N-dealkylation sites (tertiary alicyclic amines) is 1. The fourth-order valence-corrected chi connectivity index (χ4v) is 5.80. The lowest BCUT2D eigenvalue weighted by atomic mass is 9.91. The SMILES string of the molecule is COC(=O)c1ccc(OC(=O)N2CCC(CCCc3nc(N)c4ncn([C@@H]5O[C@H](C(=O)NC6CC6)[C@@H](O)[C@H]5O)c4n3)CC2)cc1. The number of carbonyl (C=O) groups is 3. The summed E-state index contributed by atoms with van der Waals surface area (Å²) < 4.78 is 17.4. The molecule has 0 radical (unpaired) electrons. The van der Waals surface area contributed by atoms with Crippen LogP contribution < -0.4 is 15.8 Å². The van der Waals surface area contributed by atoms with Crippen LogP contribution in [0.3, 0.4) is 0 Å². The maximum Gasteiger partial charge on any atom is 0.415 e. The molecule has 2 aromatic heterocycles. The van der Waals surface area contributed by atoms with Gasteiger partial charge in [-0.1, -0.05) is 0 Å². The maximum absolute atomic E-state index is 12.6. The zero-order valence-electron chi connectivity index (χ0n) is 24.9. The molecule has 15 nitrogen and oxygen atoms in total. The van der Waals surface area contributed by atoms with Gasteiger partial charge >= 0.3 is 12.1 Å². The summed E-state index contributed by atoms with van der Waals surface area (Å²) in [7, 11) is 1.31. The third-order valence-corrected chi connectivity index (χ3v) is 8.56. The zero-order chi connectivity index (χ0) is 31.7. The molecule has 1 aliphatic carbocycles. The number of benzene rings is 1. The van der Waals surface area contributed by atoms with Crippen LogP contribution in [0.4, 0.5) is 10.6 Å². The van der Waals surface area contributed by atoms with Gasteiger partial charge in [0.2, 0.25) is 0 Å². The van der Waals surface area contributed by atoms with E-state index in [-0.39, 0.29) is 11.9 Å². The van der Waals surface area contributed by atoms with Crippen LogP contribution in [0.1, 0.15) is 60.9 Å². The first-order valence-corrected chi connectivity index (χ1v) is 15.2. The van der Waals surface area contributed by atoms with Crippen molar-refractivity contribution in [1.82, 2.24) is 29.7 Å². The number of ether oxygens (including phenoxy) is 3. The number of imidazole rings is 1. The number of rotatable bonds is 9. The largest absolute Gasteiger partial charge is 0.465 e. The monoisotopic (exact) mass is 623 g/mol. The number of hydrogen-bond acceptors (Lipinski definition) is 12. The van der Waals surface area contributed by atoms with Crippen LogP contribution in [0.5, 0.6) is 5.75 Å². The molecule has 240 valence electrons. The molecule has 3 aliphatic rings.